The minimum atomic E-state index is -0.263. The lowest BCUT2D eigenvalue weighted by molar-refractivity contribution is 0.0937. The number of pyridine rings is 1. The van der Waals surface area contributed by atoms with Crippen molar-refractivity contribution in [2.75, 3.05) is 6.61 Å². The first kappa shape index (κ1) is 12.7. The van der Waals surface area contributed by atoms with Gasteiger partial charge in [0.05, 0.1) is 5.57 Å². The van der Waals surface area contributed by atoms with Gasteiger partial charge in [-0.05, 0) is 36.4 Å². The number of nitrogens with zero attached hydrogens (tertiary/aromatic N) is 1. The number of benzene rings is 1. The molecule has 1 aromatic heterocycles. The molecule has 0 unspecified atom stereocenters. The van der Waals surface area contributed by atoms with Gasteiger partial charge in [0.2, 0.25) is 0 Å². The number of hydrogen-bond donors (Lipinski definition) is 1. The summed E-state index contributed by atoms with van der Waals surface area (Å²) in [4.78, 5) is 12.4. The second-order valence-electron chi connectivity index (χ2n) is 4.40. The van der Waals surface area contributed by atoms with Crippen LogP contribution in [0, 0.1) is 5.41 Å². The lowest BCUT2D eigenvalue weighted by Crippen LogP contribution is -2.29. The van der Waals surface area contributed by atoms with Crippen molar-refractivity contribution in [2.24, 2.45) is 0 Å². The molecule has 0 atom stereocenters. The molecule has 0 fully saturated rings. The Morgan fingerprint density at radius 2 is 2.15 bits per heavy atom. The molecule has 100 valence electrons. The molecule has 3 rings (SSSR count). The van der Waals surface area contributed by atoms with Crippen LogP contribution in [0.1, 0.15) is 10.4 Å². The summed E-state index contributed by atoms with van der Waals surface area (Å²) in [6, 6.07) is 10.3. The molecule has 5 heteroatoms. The van der Waals surface area contributed by atoms with Crippen LogP contribution in [0.3, 0.4) is 0 Å². The van der Waals surface area contributed by atoms with E-state index in [1.807, 2.05) is 0 Å². The zero-order valence-corrected chi connectivity index (χ0v) is 11.2. The Morgan fingerprint density at radius 1 is 1.30 bits per heavy atom. The van der Waals surface area contributed by atoms with E-state index in [2.05, 4.69) is 0 Å². The third-order valence-corrected chi connectivity index (χ3v) is 3.27. The third-order valence-electron chi connectivity index (χ3n) is 3.04. The second kappa shape index (κ2) is 4.98. The summed E-state index contributed by atoms with van der Waals surface area (Å²) in [5, 5.41) is 8.34. The third kappa shape index (κ3) is 2.26. The largest absolute Gasteiger partial charge is 0.488 e. The van der Waals surface area contributed by atoms with E-state index in [1.54, 1.807) is 48.7 Å². The molecule has 0 bridgehead atoms. The zero-order chi connectivity index (χ0) is 14.1. The van der Waals surface area contributed by atoms with E-state index in [1.165, 1.54) is 4.57 Å². The van der Waals surface area contributed by atoms with Crippen molar-refractivity contribution in [1.29, 1.82) is 5.41 Å². The van der Waals surface area contributed by atoms with Crippen LogP contribution in [0.5, 0.6) is 5.75 Å². The van der Waals surface area contributed by atoms with Crippen LogP contribution in [0.25, 0.3) is 6.08 Å². The zero-order valence-electron chi connectivity index (χ0n) is 10.5. The molecule has 0 saturated heterocycles. The van der Waals surface area contributed by atoms with Gasteiger partial charge in [-0.2, -0.15) is 0 Å². The van der Waals surface area contributed by atoms with Gasteiger partial charge >= 0.3 is 0 Å². The summed E-state index contributed by atoms with van der Waals surface area (Å²) in [6.45, 7) is 0.189. The summed E-state index contributed by atoms with van der Waals surface area (Å²) < 4.78 is 6.83. The van der Waals surface area contributed by atoms with Crippen molar-refractivity contribution in [3.05, 3.63) is 64.2 Å². The van der Waals surface area contributed by atoms with Gasteiger partial charge in [-0.25, -0.2) is 0 Å². The Hall–Kier alpha value is -2.33. The molecule has 20 heavy (non-hydrogen) atoms. The molecule has 1 aliphatic rings. The number of nitrogens with one attached hydrogen (secondary N) is 1. The monoisotopic (exact) mass is 286 g/mol. The first-order valence-electron chi connectivity index (χ1n) is 6.05. The molecule has 1 aromatic carbocycles. The minimum absolute atomic E-state index is 0.135. The molecular weight excluding hydrogens is 276 g/mol. The summed E-state index contributed by atoms with van der Waals surface area (Å²) in [7, 11) is 0. The highest BCUT2D eigenvalue weighted by atomic mass is 35.5. The van der Waals surface area contributed by atoms with Gasteiger partial charge in [0.15, 0.2) is 0 Å². The highest BCUT2D eigenvalue weighted by molar-refractivity contribution is 6.30. The molecule has 1 aliphatic heterocycles. The standard InChI is InChI=1S/C15H11ClN2O2/c16-12-4-5-13-10(8-12)7-11(9-20-13)15(19)18-6-2-1-3-14(18)17/h1-8,17H,9H2. The van der Waals surface area contributed by atoms with Gasteiger partial charge in [0.1, 0.15) is 17.8 Å². The van der Waals surface area contributed by atoms with Crippen molar-refractivity contribution < 1.29 is 9.53 Å². The van der Waals surface area contributed by atoms with E-state index in [0.717, 1.165) is 5.56 Å². The van der Waals surface area contributed by atoms with Crippen molar-refractivity contribution in [2.45, 2.75) is 0 Å². The number of ether oxygens (including phenoxy) is 1. The molecule has 2 heterocycles. The highest BCUT2D eigenvalue weighted by Gasteiger charge is 2.18. The maximum absolute atomic E-state index is 12.4. The van der Waals surface area contributed by atoms with E-state index in [4.69, 9.17) is 21.7 Å². The van der Waals surface area contributed by atoms with Gasteiger partial charge in [0, 0.05) is 16.8 Å². The lowest BCUT2D eigenvalue weighted by atomic mass is 10.1. The van der Waals surface area contributed by atoms with Crippen LogP contribution >= 0.6 is 11.6 Å². The maximum atomic E-state index is 12.4. The smallest absolute Gasteiger partial charge is 0.262 e. The van der Waals surface area contributed by atoms with E-state index >= 15 is 0 Å². The van der Waals surface area contributed by atoms with Gasteiger partial charge in [0.25, 0.3) is 5.91 Å². The van der Waals surface area contributed by atoms with E-state index in [0.29, 0.717) is 16.3 Å². The van der Waals surface area contributed by atoms with Gasteiger partial charge < -0.3 is 4.74 Å². The molecule has 2 aromatic rings. The van der Waals surface area contributed by atoms with Crippen LogP contribution < -0.4 is 10.2 Å². The van der Waals surface area contributed by atoms with Crippen LogP contribution in [-0.4, -0.2) is 17.1 Å². The molecule has 1 N–H and O–H groups in total. The quantitative estimate of drug-likeness (QED) is 0.876. The van der Waals surface area contributed by atoms with Gasteiger partial charge in [-0.15, -0.1) is 0 Å². The predicted molar refractivity (Wildman–Crippen MR) is 75.8 cm³/mol. The van der Waals surface area contributed by atoms with Crippen molar-refractivity contribution in [1.82, 2.24) is 4.57 Å². The Morgan fingerprint density at radius 3 is 2.95 bits per heavy atom. The number of halogens is 1. The number of aromatic nitrogens is 1. The van der Waals surface area contributed by atoms with Crippen LogP contribution in [0.15, 0.2) is 48.2 Å². The molecular formula is C15H11ClN2O2. The maximum Gasteiger partial charge on any atom is 0.262 e. The van der Waals surface area contributed by atoms with E-state index in [9.17, 15) is 4.79 Å². The summed E-state index contributed by atoms with van der Waals surface area (Å²) >= 11 is 5.94. The Bertz CT molecular complexity index is 777. The summed E-state index contributed by atoms with van der Waals surface area (Å²) in [5.41, 5.74) is 1.40. The van der Waals surface area contributed by atoms with Gasteiger partial charge in [-0.1, -0.05) is 17.7 Å². The lowest BCUT2D eigenvalue weighted by Gasteiger charge is -2.18. The fraction of sp³-hybridized carbons (Fsp3) is 0.0667. The number of carbonyl (C=O) groups excluding carboxylic acids is 1. The van der Waals surface area contributed by atoms with Crippen molar-refractivity contribution in [3.63, 3.8) is 0 Å². The first-order chi connectivity index (χ1) is 9.65. The number of hydrogen-bond acceptors (Lipinski definition) is 3. The van der Waals surface area contributed by atoms with Gasteiger partial charge in [-0.3, -0.25) is 14.8 Å². The topological polar surface area (TPSA) is 55.1 Å². The average Bonchev–Trinajstić information content (AvgIpc) is 2.46. The highest BCUT2D eigenvalue weighted by Crippen LogP contribution is 2.29. The Kier molecular flexibility index (Phi) is 3.16. The van der Waals surface area contributed by atoms with Crippen LogP contribution in [0.4, 0.5) is 0 Å². The summed E-state index contributed by atoms with van der Waals surface area (Å²) in [6.07, 6.45) is 3.32. The molecule has 0 radical (unpaired) electrons. The van der Waals surface area contributed by atoms with Crippen LogP contribution in [0.2, 0.25) is 5.02 Å². The normalized spacial score (nSPS) is 13.2. The molecule has 0 spiro atoms. The predicted octanol–water partition coefficient (Wildman–Crippen LogP) is 2.74. The SMILES string of the molecule is N=c1ccccn1C(=O)C1=Cc2cc(Cl)ccc2OC1. The second-order valence-corrected chi connectivity index (χ2v) is 4.84. The molecule has 0 aliphatic carbocycles. The van der Waals surface area contributed by atoms with Crippen molar-refractivity contribution in [3.8, 4) is 5.75 Å². The van der Waals surface area contributed by atoms with Crippen molar-refractivity contribution >= 4 is 23.6 Å². The molecule has 4 nitrogen and oxygen atoms in total. The fourth-order valence-electron chi connectivity index (χ4n) is 2.05. The fourth-order valence-corrected chi connectivity index (χ4v) is 2.23. The Labute approximate surface area is 120 Å². The minimum Gasteiger partial charge on any atom is -0.488 e. The number of carbonyl (C=O) groups is 1. The average molecular weight is 287 g/mol. The molecule has 0 amide bonds. The number of fused-ring (bicyclic) bond motifs is 1. The van der Waals surface area contributed by atoms with Crippen LogP contribution in [-0.2, 0) is 0 Å². The first-order valence-corrected chi connectivity index (χ1v) is 6.43. The van der Waals surface area contributed by atoms with E-state index in [-0.39, 0.29) is 18.0 Å². The molecule has 0 saturated carbocycles. The Balaban J connectivity index is 2.02. The number of rotatable bonds is 1. The van der Waals surface area contributed by atoms with E-state index < -0.39 is 0 Å². The summed E-state index contributed by atoms with van der Waals surface area (Å²) in [5.74, 6) is 0.441.